The fourth-order valence-corrected chi connectivity index (χ4v) is 2.99. The smallest absolute Gasteiger partial charge is 0.0171 e. The van der Waals surface area contributed by atoms with Crippen molar-refractivity contribution in [3.63, 3.8) is 0 Å². The van der Waals surface area contributed by atoms with E-state index in [2.05, 4.69) is 74.5 Å². The van der Waals surface area contributed by atoms with Gasteiger partial charge in [0.2, 0.25) is 0 Å². The molecule has 4 aromatic carbocycles. The Kier molecular flexibility index (Phi) is 2.34. The van der Waals surface area contributed by atoms with Crippen LogP contribution in [0.15, 0.2) is 60.7 Å². The molecule has 0 radical (unpaired) electrons. The van der Waals surface area contributed by atoms with Crippen LogP contribution in [0, 0.1) is 13.8 Å². The first-order valence-electron chi connectivity index (χ1n) is 7.04. The highest BCUT2D eigenvalue weighted by atomic mass is 14.1. The predicted octanol–water partition coefficient (Wildman–Crippen LogP) is 5.76. The van der Waals surface area contributed by atoms with E-state index in [1.165, 1.54) is 43.4 Å². The summed E-state index contributed by atoms with van der Waals surface area (Å²) >= 11 is 0. The summed E-state index contributed by atoms with van der Waals surface area (Å²) in [6.45, 7) is 4.29. The molecule has 20 heavy (non-hydrogen) atoms. The maximum absolute atomic E-state index is 2.30. The van der Waals surface area contributed by atoms with Crippen LogP contribution in [0.5, 0.6) is 0 Å². The second-order valence-corrected chi connectivity index (χ2v) is 5.75. The Balaban J connectivity index is 2.13. The molecule has 0 nitrogen and oxygen atoms in total. The molecular weight excluding hydrogens is 240 g/mol. The maximum Gasteiger partial charge on any atom is -0.0171 e. The molecule has 0 fully saturated rings. The van der Waals surface area contributed by atoms with E-state index in [1.807, 2.05) is 0 Å². The zero-order valence-corrected chi connectivity index (χ0v) is 11.8. The Bertz CT molecular complexity index is 885. The van der Waals surface area contributed by atoms with Crippen molar-refractivity contribution in [1.82, 2.24) is 0 Å². The van der Waals surface area contributed by atoms with Gasteiger partial charge in [-0.1, -0.05) is 47.5 Å². The van der Waals surface area contributed by atoms with Crippen LogP contribution >= 0.6 is 0 Å². The van der Waals surface area contributed by atoms with Crippen LogP contribution in [0.1, 0.15) is 11.1 Å². The minimum absolute atomic E-state index is 1.31. The second-order valence-electron chi connectivity index (χ2n) is 5.75. The van der Waals surface area contributed by atoms with E-state index in [4.69, 9.17) is 0 Å². The third kappa shape index (κ3) is 1.77. The fourth-order valence-electron chi connectivity index (χ4n) is 2.99. The summed E-state index contributed by atoms with van der Waals surface area (Å²) in [6.07, 6.45) is 0. The van der Waals surface area contributed by atoms with Gasteiger partial charge in [-0.3, -0.25) is 0 Å². The number of aryl methyl sites for hydroxylation is 2. The van der Waals surface area contributed by atoms with Gasteiger partial charge < -0.3 is 0 Å². The van der Waals surface area contributed by atoms with Gasteiger partial charge in [0.15, 0.2) is 0 Å². The zero-order chi connectivity index (χ0) is 13.7. The normalized spacial score (nSPS) is 11.5. The number of benzene rings is 4. The van der Waals surface area contributed by atoms with E-state index in [-0.39, 0.29) is 0 Å². The molecule has 0 N–H and O–H groups in total. The average molecular weight is 256 g/mol. The average Bonchev–Trinajstić information content (AvgIpc) is 2.43. The largest absolute Gasteiger partial charge is 0.0587 e. The quantitative estimate of drug-likeness (QED) is 0.351. The Morgan fingerprint density at radius 2 is 0.750 bits per heavy atom. The van der Waals surface area contributed by atoms with E-state index in [0.29, 0.717) is 0 Å². The van der Waals surface area contributed by atoms with Crippen LogP contribution < -0.4 is 0 Å². The van der Waals surface area contributed by atoms with Gasteiger partial charge in [0.25, 0.3) is 0 Å². The third-order valence-electron chi connectivity index (χ3n) is 4.06. The fraction of sp³-hybridized carbons (Fsp3) is 0.100. The van der Waals surface area contributed by atoms with E-state index in [9.17, 15) is 0 Å². The number of hydrogen-bond acceptors (Lipinski definition) is 0. The standard InChI is InChI=1S/C20H16/c1-13-3-5-15-9-19-10-16-6-4-14(2)8-18(16)12-20(19)11-17(15)7-13/h3-12H,1-2H3. The summed E-state index contributed by atoms with van der Waals surface area (Å²) in [7, 11) is 0. The molecule has 0 aliphatic rings. The molecule has 0 atom stereocenters. The summed E-state index contributed by atoms with van der Waals surface area (Å²) in [5.74, 6) is 0. The van der Waals surface area contributed by atoms with Gasteiger partial charge in [0, 0.05) is 0 Å². The van der Waals surface area contributed by atoms with E-state index in [0.717, 1.165) is 0 Å². The van der Waals surface area contributed by atoms with Crippen LogP contribution in [0.3, 0.4) is 0 Å². The molecule has 0 heteroatoms. The molecule has 0 aromatic heterocycles. The molecule has 0 unspecified atom stereocenters. The highest BCUT2D eigenvalue weighted by Crippen LogP contribution is 2.28. The molecule has 0 amide bonds. The summed E-state index contributed by atoms with van der Waals surface area (Å²) in [5, 5.41) is 7.91. The van der Waals surface area contributed by atoms with Crippen molar-refractivity contribution in [3.8, 4) is 0 Å². The highest BCUT2D eigenvalue weighted by molar-refractivity contribution is 6.04. The van der Waals surface area contributed by atoms with Crippen LogP contribution in [0.4, 0.5) is 0 Å². The lowest BCUT2D eigenvalue weighted by atomic mass is 9.98. The zero-order valence-electron chi connectivity index (χ0n) is 11.8. The Labute approximate surface area is 118 Å². The Morgan fingerprint density at radius 1 is 0.400 bits per heavy atom. The first-order chi connectivity index (χ1) is 9.69. The Morgan fingerprint density at radius 3 is 1.20 bits per heavy atom. The SMILES string of the molecule is Cc1ccc2cc3cc4ccc(C)cc4cc3cc2c1. The van der Waals surface area contributed by atoms with E-state index in [1.54, 1.807) is 0 Å². The number of fused-ring (bicyclic) bond motifs is 3. The lowest BCUT2D eigenvalue weighted by molar-refractivity contribution is 1.51. The van der Waals surface area contributed by atoms with Crippen molar-refractivity contribution in [2.75, 3.05) is 0 Å². The summed E-state index contributed by atoms with van der Waals surface area (Å²) in [5.41, 5.74) is 2.63. The van der Waals surface area contributed by atoms with Gasteiger partial charge in [0.05, 0.1) is 0 Å². The third-order valence-corrected chi connectivity index (χ3v) is 4.06. The van der Waals surface area contributed by atoms with Crippen molar-refractivity contribution in [2.45, 2.75) is 13.8 Å². The van der Waals surface area contributed by atoms with Gasteiger partial charge in [-0.2, -0.15) is 0 Å². The molecule has 0 heterocycles. The first kappa shape index (κ1) is 11.5. The monoisotopic (exact) mass is 256 g/mol. The van der Waals surface area contributed by atoms with Crippen molar-refractivity contribution in [2.24, 2.45) is 0 Å². The molecule has 0 saturated carbocycles. The number of rotatable bonds is 0. The summed E-state index contributed by atoms with van der Waals surface area (Å²) < 4.78 is 0. The van der Waals surface area contributed by atoms with Gasteiger partial charge in [-0.05, 0) is 70.4 Å². The predicted molar refractivity (Wildman–Crippen MR) is 88.4 cm³/mol. The van der Waals surface area contributed by atoms with Gasteiger partial charge in [0.1, 0.15) is 0 Å². The minimum atomic E-state index is 1.31. The van der Waals surface area contributed by atoms with Gasteiger partial charge >= 0.3 is 0 Å². The molecule has 4 aromatic rings. The van der Waals surface area contributed by atoms with Gasteiger partial charge in [-0.25, -0.2) is 0 Å². The maximum atomic E-state index is 2.30. The molecular formula is C20H16. The summed E-state index contributed by atoms with van der Waals surface area (Å²) in [4.78, 5) is 0. The first-order valence-corrected chi connectivity index (χ1v) is 7.04. The molecule has 0 saturated heterocycles. The Hall–Kier alpha value is -2.34. The van der Waals surface area contributed by atoms with Crippen molar-refractivity contribution in [3.05, 3.63) is 71.8 Å². The van der Waals surface area contributed by atoms with Crippen molar-refractivity contribution in [1.29, 1.82) is 0 Å². The van der Waals surface area contributed by atoms with E-state index < -0.39 is 0 Å². The van der Waals surface area contributed by atoms with Crippen molar-refractivity contribution < 1.29 is 0 Å². The van der Waals surface area contributed by atoms with E-state index >= 15 is 0 Å². The molecule has 0 aliphatic heterocycles. The lowest BCUT2D eigenvalue weighted by Crippen LogP contribution is -1.81. The van der Waals surface area contributed by atoms with Crippen molar-refractivity contribution >= 4 is 32.3 Å². The lowest BCUT2D eigenvalue weighted by Gasteiger charge is -2.06. The van der Waals surface area contributed by atoms with Crippen LogP contribution in [0.25, 0.3) is 32.3 Å². The minimum Gasteiger partial charge on any atom is -0.0587 e. The summed E-state index contributed by atoms with van der Waals surface area (Å²) in [6, 6.07) is 22.5. The number of hydrogen-bond donors (Lipinski definition) is 0. The van der Waals surface area contributed by atoms with Crippen LogP contribution in [-0.2, 0) is 0 Å². The highest BCUT2D eigenvalue weighted by Gasteiger charge is 2.01. The molecule has 0 spiro atoms. The van der Waals surface area contributed by atoms with Crippen LogP contribution in [0.2, 0.25) is 0 Å². The molecule has 0 bridgehead atoms. The van der Waals surface area contributed by atoms with Gasteiger partial charge in [-0.15, -0.1) is 0 Å². The molecule has 0 aliphatic carbocycles. The molecule has 96 valence electrons. The van der Waals surface area contributed by atoms with Crippen LogP contribution in [-0.4, -0.2) is 0 Å². The molecule has 4 rings (SSSR count). The topological polar surface area (TPSA) is 0 Å². The second kappa shape index (κ2) is 4.08.